The lowest BCUT2D eigenvalue weighted by molar-refractivity contribution is -0.109. The minimum atomic E-state index is -0.513. The summed E-state index contributed by atoms with van der Waals surface area (Å²) >= 11 is 10.7. The van der Waals surface area contributed by atoms with Crippen LogP contribution < -0.4 is 0 Å². The molecule has 1 saturated heterocycles. The number of halogens is 2. The lowest BCUT2D eigenvalue weighted by Gasteiger charge is -2.32. The van der Waals surface area contributed by atoms with Crippen molar-refractivity contribution >= 4 is 57.6 Å². The first-order valence-electron chi connectivity index (χ1n) is 7.52. The Kier molecular flexibility index (Phi) is 6.24. The zero-order chi connectivity index (χ0) is 18.1. The Morgan fingerprint density at radius 2 is 1.96 bits per heavy atom. The molecule has 0 radical (unpaired) electrons. The van der Waals surface area contributed by atoms with E-state index in [1.54, 1.807) is 19.2 Å². The van der Waals surface area contributed by atoms with Gasteiger partial charge in [-0.05, 0) is 60.7 Å². The molecule has 0 spiro atoms. The van der Waals surface area contributed by atoms with E-state index >= 15 is 0 Å². The van der Waals surface area contributed by atoms with Crippen LogP contribution in [0.15, 0.2) is 22.2 Å². The van der Waals surface area contributed by atoms with Crippen molar-refractivity contribution in [1.29, 1.82) is 0 Å². The largest absolute Gasteiger partial charge is 0.491 e. The lowest BCUT2D eigenvalue weighted by atomic mass is 9.78. The van der Waals surface area contributed by atoms with E-state index in [9.17, 15) is 4.79 Å². The molecule has 0 N–H and O–H groups in total. The van der Waals surface area contributed by atoms with Gasteiger partial charge in [0, 0.05) is 23.3 Å². The van der Waals surface area contributed by atoms with E-state index in [0.29, 0.717) is 10.9 Å². The number of nitrogens with zero attached hydrogens (tertiary/aromatic N) is 1. The SMILES string of the molecule is CC(=O)SCC(=Cc1cc(Cl)ncc1Br)B1OC(C)(C)C(C)(C)O1. The van der Waals surface area contributed by atoms with Gasteiger partial charge >= 0.3 is 7.12 Å². The Balaban J connectivity index is 2.37. The topological polar surface area (TPSA) is 48.4 Å². The molecular weight excluding hydrogens is 412 g/mol. The predicted molar refractivity (Wildman–Crippen MR) is 104 cm³/mol. The number of carbonyl (C=O) groups is 1. The summed E-state index contributed by atoms with van der Waals surface area (Å²) in [6.45, 7) is 9.56. The summed E-state index contributed by atoms with van der Waals surface area (Å²) in [6.07, 6.45) is 3.59. The molecule has 130 valence electrons. The Labute approximate surface area is 161 Å². The molecule has 4 nitrogen and oxygen atoms in total. The molecule has 0 unspecified atom stereocenters. The van der Waals surface area contributed by atoms with Gasteiger partial charge in [0.25, 0.3) is 0 Å². The van der Waals surface area contributed by atoms with Crippen LogP contribution in [0.5, 0.6) is 0 Å². The highest BCUT2D eigenvalue weighted by Crippen LogP contribution is 2.39. The van der Waals surface area contributed by atoms with Crippen molar-refractivity contribution in [2.24, 2.45) is 0 Å². The van der Waals surface area contributed by atoms with Crippen molar-refractivity contribution in [2.75, 3.05) is 5.75 Å². The zero-order valence-corrected chi connectivity index (χ0v) is 17.5. The van der Waals surface area contributed by atoms with Gasteiger partial charge in [0.1, 0.15) is 5.15 Å². The summed E-state index contributed by atoms with van der Waals surface area (Å²) in [5.41, 5.74) is 0.857. The summed E-state index contributed by atoms with van der Waals surface area (Å²) in [7, 11) is -0.513. The molecule has 0 aromatic carbocycles. The normalized spacial score (nSPS) is 19.6. The maximum absolute atomic E-state index is 11.4. The second-order valence-electron chi connectivity index (χ2n) is 6.62. The lowest BCUT2D eigenvalue weighted by Crippen LogP contribution is -2.41. The quantitative estimate of drug-likeness (QED) is 0.506. The molecule has 1 aliphatic rings. The van der Waals surface area contributed by atoms with Gasteiger partial charge in [-0.15, -0.1) is 0 Å². The Morgan fingerprint density at radius 3 is 2.50 bits per heavy atom. The van der Waals surface area contributed by atoms with Gasteiger partial charge in [-0.25, -0.2) is 4.98 Å². The average Bonchev–Trinajstić information content (AvgIpc) is 2.66. The van der Waals surface area contributed by atoms with E-state index in [1.807, 2.05) is 33.8 Å². The molecule has 0 aliphatic carbocycles. The van der Waals surface area contributed by atoms with Crippen LogP contribution >= 0.6 is 39.3 Å². The van der Waals surface area contributed by atoms with E-state index < -0.39 is 18.3 Å². The standard InChI is InChI=1S/C16H20BBrClNO3S/c1-10(21)24-9-12(6-11-7-14(19)20-8-13(11)18)17-22-15(2,3)16(4,5)23-17/h6-8H,9H2,1-5H3. The maximum atomic E-state index is 11.4. The smallest absolute Gasteiger partial charge is 0.400 e. The molecule has 1 fully saturated rings. The molecule has 2 heterocycles. The number of aromatic nitrogens is 1. The maximum Gasteiger partial charge on any atom is 0.491 e. The van der Waals surface area contributed by atoms with E-state index in [1.165, 1.54) is 11.8 Å². The van der Waals surface area contributed by atoms with Crippen LogP contribution in [0.25, 0.3) is 6.08 Å². The molecule has 0 bridgehead atoms. The third-order valence-corrected chi connectivity index (χ3v) is 5.94. The number of rotatable bonds is 4. The van der Waals surface area contributed by atoms with Gasteiger partial charge < -0.3 is 9.31 Å². The van der Waals surface area contributed by atoms with Crippen LogP contribution in [0, 0.1) is 0 Å². The minimum Gasteiger partial charge on any atom is -0.400 e. The molecule has 24 heavy (non-hydrogen) atoms. The fourth-order valence-corrected chi connectivity index (χ4v) is 3.18. The average molecular weight is 433 g/mol. The summed E-state index contributed by atoms with van der Waals surface area (Å²) in [5.74, 6) is 0.485. The van der Waals surface area contributed by atoms with Crippen molar-refractivity contribution in [3.05, 3.63) is 32.9 Å². The summed E-state index contributed by atoms with van der Waals surface area (Å²) in [4.78, 5) is 15.4. The highest BCUT2D eigenvalue weighted by atomic mass is 79.9. The molecule has 0 saturated carbocycles. The molecule has 8 heteroatoms. The third kappa shape index (κ3) is 4.64. The number of hydrogen-bond donors (Lipinski definition) is 0. The predicted octanol–water partition coefficient (Wildman–Crippen LogP) is 4.79. The zero-order valence-electron chi connectivity index (χ0n) is 14.4. The van der Waals surface area contributed by atoms with Gasteiger partial charge in [-0.1, -0.05) is 29.4 Å². The monoisotopic (exact) mass is 431 g/mol. The number of pyridine rings is 1. The first-order chi connectivity index (χ1) is 11.0. The number of hydrogen-bond acceptors (Lipinski definition) is 5. The van der Waals surface area contributed by atoms with Crippen LogP contribution in [-0.4, -0.2) is 34.2 Å². The van der Waals surface area contributed by atoms with Crippen molar-refractivity contribution in [2.45, 2.75) is 45.8 Å². The van der Waals surface area contributed by atoms with Gasteiger partial charge in [-0.3, -0.25) is 4.79 Å². The van der Waals surface area contributed by atoms with Crippen LogP contribution in [0.3, 0.4) is 0 Å². The van der Waals surface area contributed by atoms with E-state index in [4.69, 9.17) is 20.9 Å². The fraction of sp³-hybridized carbons (Fsp3) is 0.500. The first-order valence-corrected chi connectivity index (χ1v) is 9.68. The van der Waals surface area contributed by atoms with E-state index in [-0.39, 0.29) is 5.12 Å². The molecule has 0 atom stereocenters. The van der Waals surface area contributed by atoms with Crippen molar-refractivity contribution in [1.82, 2.24) is 4.98 Å². The highest BCUT2D eigenvalue weighted by molar-refractivity contribution is 9.10. The Morgan fingerprint density at radius 1 is 1.38 bits per heavy atom. The molecule has 1 aromatic rings. The fourth-order valence-electron chi connectivity index (χ4n) is 2.09. The molecule has 0 amide bonds. The molecule has 1 aromatic heterocycles. The second kappa shape index (κ2) is 7.50. The number of carbonyl (C=O) groups excluding carboxylic acids is 1. The molecular formula is C16H20BBrClNO3S. The van der Waals surface area contributed by atoms with Crippen molar-refractivity contribution in [3.8, 4) is 0 Å². The van der Waals surface area contributed by atoms with Crippen LogP contribution in [0.1, 0.15) is 40.2 Å². The Bertz CT molecular complexity index is 665. The van der Waals surface area contributed by atoms with Crippen molar-refractivity contribution in [3.63, 3.8) is 0 Å². The third-order valence-electron chi connectivity index (χ3n) is 4.19. The van der Waals surface area contributed by atoms with E-state index in [0.717, 1.165) is 15.5 Å². The van der Waals surface area contributed by atoms with Crippen LogP contribution in [0.2, 0.25) is 5.15 Å². The van der Waals surface area contributed by atoms with Crippen molar-refractivity contribution < 1.29 is 14.1 Å². The summed E-state index contributed by atoms with van der Waals surface area (Å²) in [6, 6.07) is 1.76. The van der Waals surface area contributed by atoms with Gasteiger partial charge in [-0.2, -0.15) is 0 Å². The number of thioether (sulfide) groups is 1. The van der Waals surface area contributed by atoms with Gasteiger partial charge in [0.05, 0.1) is 11.2 Å². The van der Waals surface area contributed by atoms with E-state index in [2.05, 4.69) is 20.9 Å². The van der Waals surface area contributed by atoms with Gasteiger partial charge in [0.15, 0.2) is 5.12 Å². The van der Waals surface area contributed by atoms with Crippen LogP contribution in [0.4, 0.5) is 0 Å². The van der Waals surface area contributed by atoms with Crippen LogP contribution in [-0.2, 0) is 14.1 Å². The Hall–Kier alpha value is -0.335. The molecule has 1 aliphatic heterocycles. The summed E-state index contributed by atoms with van der Waals surface area (Å²) < 4.78 is 13.1. The second-order valence-corrected chi connectivity index (χ2v) is 9.01. The van der Waals surface area contributed by atoms with Gasteiger partial charge in [0.2, 0.25) is 0 Å². The summed E-state index contributed by atoms with van der Waals surface area (Å²) in [5, 5.41) is 0.446. The first kappa shape index (κ1) is 20.0. The molecule has 2 rings (SSSR count). The highest BCUT2D eigenvalue weighted by Gasteiger charge is 2.52. The minimum absolute atomic E-state index is 0.0456.